The lowest BCUT2D eigenvalue weighted by Gasteiger charge is -2.33. The number of aromatic nitrogens is 2. The molecule has 2 fully saturated rings. The molecule has 2 unspecified atom stereocenters. The van der Waals surface area contributed by atoms with E-state index in [2.05, 4.69) is 39.6 Å². The van der Waals surface area contributed by atoms with Gasteiger partial charge in [-0.1, -0.05) is 12.5 Å². The lowest BCUT2D eigenvalue weighted by molar-refractivity contribution is 0.174. The number of nitrogens with zero attached hydrogens (tertiary/aromatic N) is 2. The van der Waals surface area contributed by atoms with E-state index < -0.39 is 0 Å². The second-order valence-electron chi connectivity index (χ2n) is 6.28. The Kier molecular flexibility index (Phi) is 2.97. The maximum Gasteiger partial charge on any atom is 0.178 e. The summed E-state index contributed by atoms with van der Waals surface area (Å²) in [6.07, 6.45) is 5.29. The summed E-state index contributed by atoms with van der Waals surface area (Å²) in [6, 6.07) is 7.86. The second kappa shape index (κ2) is 4.71. The summed E-state index contributed by atoms with van der Waals surface area (Å²) in [5.41, 5.74) is 3.74. The lowest BCUT2D eigenvalue weighted by atomic mass is 9.99. The highest BCUT2D eigenvalue weighted by molar-refractivity contribution is 7.71. The molecule has 20 heavy (non-hydrogen) atoms. The maximum absolute atomic E-state index is 5.62. The third kappa shape index (κ3) is 1.85. The van der Waals surface area contributed by atoms with Gasteiger partial charge < -0.3 is 9.55 Å². The summed E-state index contributed by atoms with van der Waals surface area (Å²) in [5.74, 6) is 0. The molecule has 2 saturated heterocycles. The molecule has 2 aliphatic rings. The molecule has 106 valence electrons. The molecule has 1 aromatic carbocycles. The predicted molar refractivity (Wildman–Crippen MR) is 84.7 cm³/mol. The minimum Gasteiger partial charge on any atom is -0.331 e. The molecule has 4 rings (SSSR count). The number of hydrogen-bond donors (Lipinski definition) is 1. The van der Waals surface area contributed by atoms with Crippen LogP contribution in [0.2, 0.25) is 0 Å². The Morgan fingerprint density at radius 2 is 2.05 bits per heavy atom. The summed E-state index contributed by atoms with van der Waals surface area (Å²) in [4.78, 5) is 6.07. The molecule has 3 heterocycles. The lowest BCUT2D eigenvalue weighted by Crippen LogP contribution is -2.37. The van der Waals surface area contributed by atoms with Crippen LogP contribution in [0.25, 0.3) is 11.0 Å². The van der Waals surface area contributed by atoms with Crippen molar-refractivity contribution >= 4 is 23.3 Å². The summed E-state index contributed by atoms with van der Waals surface area (Å²) in [6.45, 7) is 4.64. The van der Waals surface area contributed by atoms with E-state index in [-0.39, 0.29) is 0 Å². The quantitative estimate of drug-likeness (QED) is 0.807. The number of aromatic amines is 1. The molecule has 3 nitrogen and oxygen atoms in total. The average Bonchev–Trinajstić information content (AvgIpc) is 2.98. The SMILES string of the molecule is Cc1ccc2c(c1)[nH]c(=S)n2C1CCN2CCCCC12. The number of nitrogens with one attached hydrogen (secondary N) is 1. The predicted octanol–water partition coefficient (Wildman–Crippen LogP) is 3.81. The van der Waals surface area contributed by atoms with E-state index in [1.54, 1.807) is 0 Å². The van der Waals surface area contributed by atoms with Gasteiger partial charge in [0.25, 0.3) is 0 Å². The van der Waals surface area contributed by atoms with Gasteiger partial charge in [0.1, 0.15) is 0 Å². The first-order valence-electron chi connectivity index (χ1n) is 7.69. The van der Waals surface area contributed by atoms with Crippen LogP contribution in [-0.2, 0) is 0 Å². The minimum absolute atomic E-state index is 0.555. The van der Waals surface area contributed by atoms with Crippen molar-refractivity contribution in [2.24, 2.45) is 0 Å². The molecule has 1 aromatic heterocycles. The fourth-order valence-corrected chi connectivity index (χ4v) is 4.44. The van der Waals surface area contributed by atoms with E-state index in [0.29, 0.717) is 12.1 Å². The number of H-pyrrole nitrogens is 1. The van der Waals surface area contributed by atoms with E-state index in [1.165, 1.54) is 55.4 Å². The Labute approximate surface area is 124 Å². The number of rotatable bonds is 1. The number of piperidine rings is 1. The first-order valence-corrected chi connectivity index (χ1v) is 8.10. The van der Waals surface area contributed by atoms with Crippen LogP contribution >= 0.6 is 12.2 Å². The van der Waals surface area contributed by atoms with E-state index >= 15 is 0 Å². The molecular weight excluding hydrogens is 266 g/mol. The number of imidazole rings is 1. The van der Waals surface area contributed by atoms with E-state index in [9.17, 15) is 0 Å². The topological polar surface area (TPSA) is 24.0 Å². The summed E-state index contributed by atoms with van der Waals surface area (Å²) in [5, 5.41) is 0. The Balaban J connectivity index is 1.82. The van der Waals surface area contributed by atoms with Crippen molar-refractivity contribution in [2.75, 3.05) is 13.1 Å². The van der Waals surface area contributed by atoms with Crippen molar-refractivity contribution in [3.05, 3.63) is 28.5 Å². The molecule has 0 spiro atoms. The molecule has 0 bridgehead atoms. The molecule has 0 radical (unpaired) electrons. The number of hydrogen-bond acceptors (Lipinski definition) is 2. The highest BCUT2D eigenvalue weighted by Gasteiger charge is 2.37. The minimum atomic E-state index is 0.555. The Bertz CT molecular complexity index is 699. The second-order valence-corrected chi connectivity index (χ2v) is 6.66. The van der Waals surface area contributed by atoms with Crippen LogP contribution in [0.5, 0.6) is 0 Å². The fourth-order valence-electron chi connectivity index (χ4n) is 4.10. The van der Waals surface area contributed by atoms with E-state index in [1.807, 2.05) is 0 Å². The summed E-state index contributed by atoms with van der Waals surface area (Å²) >= 11 is 5.62. The third-order valence-electron chi connectivity index (χ3n) is 5.02. The van der Waals surface area contributed by atoms with Gasteiger partial charge in [0.15, 0.2) is 4.77 Å². The first-order chi connectivity index (χ1) is 9.74. The summed E-state index contributed by atoms with van der Waals surface area (Å²) in [7, 11) is 0. The zero-order chi connectivity index (χ0) is 13.7. The van der Waals surface area contributed by atoms with Crippen LogP contribution in [0.4, 0.5) is 0 Å². The van der Waals surface area contributed by atoms with Crippen molar-refractivity contribution in [1.29, 1.82) is 0 Å². The van der Waals surface area contributed by atoms with Crippen LogP contribution in [0, 0.1) is 11.7 Å². The molecule has 0 saturated carbocycles. The van der Waals surface area contributed by atoms with Gasteiger partial charge in [-0.15, -0.1) is 0 Å². The van der Waals surface area contributed by atoms with Crippen LogP contribution in [0.3, 0.4) is 0 Å². The highest BCUT2D eigenvalue weighted by atomic mass is 32.1. The van der Waals surface area contributed by atoms with Crippen LogP contribution in [0.1, 0.15) is 37.3 Å². The van der Waals surface area contributed by atoms with Gasteiger partial charge in [-0.05, 0) is 62.6 Å². The average molecular weight is 287 g/mol. The number of fused-ring (bicyclic) bond motifs is 2. The van der Waals surface area contributed by atoms with Gasteiger partial charge in [0, 0.05) is 12.6 Å². The molecule has 1 N–H and O–H groups in total. The van der Waals surface area contributed by atoms with Gasteiger partial charge in [-0.2, -0.15) is 0 Å². The van der Waals surface area contributed by atoms with Gasteiger partial charge in [0.05, 0.1) is 17.1 Å². The zero-order valence-electron chi connectivity index (χ0n) is 11.9. The molecule has 2 aromatic rings. The van der Waals surface area contributed by atoms with Crippen molar-refractivity contribution in [1.82, 2.24) is 14.5 Å². The van der Waals surface area contributed by atoms with Crippen molar-refractivity contribution in [3.63, 3.8) is 0 Å². The summed E-state index contributed by atoms with van der Waals surface area (Å²) < 4.78 is 3.28. The largest absolute Gasteiger partial charge is 0.331 e. The van der Waals surface area contributed by atoms with Crippen molar-refractivity contribution in [2.45, 2.75) is 44.7 Å². The molecular formula is C16H21N3S. The Hall–Kier alpha value is -1.13. The number of benzene rings is 1. The smallest absolute Gasteiger partial charge is 0.178 e. The first kappa shape index (κ1) is 12.6. The van der Waals surface area contributed by atoms with Crippen molar-refractivity contribution in [3.8, 4) is 0 Å². The van der Waals surface area contributed by atoms with Gasteiger partial charge in [-0.3, -0.25) is 4.90 Å². The van der Waals surface area contributed by atoms with Gasteiger partial charge in [-0.25, -0.2) is 0 Å². The fraction of sp³-hybridized carbons (Fsp3) is 0.562. The zero-order valence-corrected chi connectivity index (χ0v) is 12.7. The molecule has 4 heteroatoms. The molecule has 0 amide bonds. The Morgan fingerprint density at radius 1 is 1.15 bits per heavy atom. The standard InChI is InChI=1S/C16H21N3S/c1-11-5-6-13-12(10-11)17-16(20)19(13)15-7-9-18-8-3-2-4-14(15)18/h5-6,10,14-15H,2-4,7-9H2,1H3,(H,17,20). The maximum atomic E-state index is 5.62. The van der Waals surface area contributed by atoms with E-state index in [0.717, 1.165) is 4.77 Å². The Morgan fingerprint density at radius 3 is 2.95 bits per heavy atom. The van der Waals surface area contributed by atoms with Gasteiger partial charge >= 0.3 is 0 Å². The third-order valence-corrected chi connectivity index (χ3v) is 5.32. The van der Waals surface area contributed by atoms with E-state index in [4.69, 9.17) is 12.2 Å². The van der Waals surface area contributed by atoms with Crippen LogP contribution in [0.15, 0.2) is 18.2 Å². The van der Waals surface area contributed by atoms with Crippen LogP contribution < -0.4 is 0 Å². The van der Waals surface area contributed by atoms with Gasteiger partial charge in [0.2, 0.25) is 0 Å². The highest BCUT2D eigenvalue weighted by Crippen LogP contribution is 2.37. The number of aryl methyl sites for hydroxylation is 1. The molecule has 2 aliphatic heterocycles. The van der Waals surface area contributed by atoms with Crippen molar-refractivity contribution < 1.29 is 0 Å². The van der Waals surface area contributed by atoms with Crippen LogP contribution in [-0.4, -0.2) is 33.6 Å². The normalized spacial score (nSPS) is 27.1. The molecule has 0 aliphatic carbocycles. The molecule has 2 atom stereocenters. The monoisotopic (exact) mass is 287 g/mol.